The topological polar surface area (TPSA) is 142 Å². The van der Waals surface area contributed by atoms with E-state index in [0.29, 0.717) is 24.9 Å². The van der Waals surface area contributed by atoms with Gasteiger partial charge in [0.25, 0.3) is 5.91 Å². The highest BCUT2D eigenvalue weighted by Gasteiger charge is 2.49. The predicted molar refractivity (Wildman–Crippen MR) is 96.6 cm³/mol. The van der Waals surface area contributed by atoms with Gasteiger partial charge in [0.05, 0.1) is 19.4 Å². The lowest BCUT2D eigenvalue weighted by atomic mass is 9.92. The van der Waals surface area contributed by atoms with Crippen molar-refractivity contribution < 1.29 is 33.3 Å². The minimum absolute atomic E-state index is 0.000314. The van der Waals surface area contributed by atoms with E-state index < -0.39 is 29.3 Å². The highest BCUT2D eigenvalue weighted by atomic mass is 16.6. The number of primary amides is 1. The molecule has 1 aromatic heterocycles. The van der Waals surface area contributed by atoms with Crippen molar-refractivity contribution in [2.75, 3.05) is 13.2 Å². The molecule has 154 valence electrons. The van der Waals surface area contributed by atoms with Gasteiger partial charge in [-0.1, -0.05) is 4.68 Å². The van der Waals surface area contributed by atoms with Crippen LogP contribution in [0, 0.1) is 0 Å². The summed E-state index contributed by atoms with van der Waals surface area (Å²) in [7, 11) is 0. The Bertz CT molecular complexity index is 704. The van der Waals surface area contributed by atoms with Crippen molar-refractivity contribution in [1.82, 2.24) is 10.4 Å². The number of carbonyl (C=O) groups is 4. The number of rotatable bonds is 11. The molecule has 0 saturated heterocycles. The number of nitrogens with two attached hydrogens (primary N) is 1. The molecule has 3 N–H and O–H groups in total. The van der Waals surface area contributed by atoms with E-state index in [0.717, 1.165) is 0 Å². The average Bonchev–Trinajstić information content (AvgIpc) is 2.64. The van der Waals surface area contributed by atoms with Crippen molar-refractivity contribution in [2.24, 2.45) is 5.73 Å². The third-order valence-corrected chi connectivity index (χ3v) is 3.87. The van der Waals surface area contributed by atoms with Crippen LogP contribution in [0.3, 0.4) is 0 Å². The second-order valence-corrected chi connectivity index (χ2v) is 6.03. The first-order valence-corrected chi connectivity index (χ1v) is 9.05. The van der Waals surface area contributed by atoms with Crippen LogP contribution in [0.5, 0.6) is 0 Å². The molecule has 0 atom stereocenters. The van der Waals surface area contributed by atoms with Crippen LogP contribution < -0.4 is 15.7 Å². The first kappa shape index (κ1) is 23.0. The lowest BCUT2D eigenvalue weighted by molar-refractivity contribution is -0.754. The third kappa shape index (κ3) is 6.29. The molecule has 1 rings (SSSR count). The predicted octanol–water partition coefficient (Wildman–Crippen LogP) is -0.361. The number of amides is 2. The molecule has 10 heteroatoms. The van der Waals surface area contributed by atoms with Crippen LogP contribution in [0.4, 0.5) is 0 Å². The van der Waals surface area contributed by atoms with Crippen LogP contribution in [0.15, 0.2) is 18.5 Å². The molecule has 0 radical (unpaired) electrons. The monoisotopic (exact) mass is 395 g/mol. The van der Waals surface area contributed by atoms with Crippen LogP contribution in [0.1, 0.15) is 50.4 Å². The number of carbonyl (C=O) groups excluding carboxylic acids is 4. The van der Waals surface area contributed by atoms with Crippen molar-refractivity contribution in [3.05, 3.63) is 24.0 Å². The van der Waals surface area contributed by atoms with Gasteiger partial charge in [-0.05, 0) is 37.9 Å². The Labute approximate surface area is 163 Å². The molecule has 0 saturated carbocycles. The molecule has 0 aromatic carbocycles. The Balaban J connectivity index is 2.89. The zero-order valence-corrected chi connectivity index (χ0v) is 16.4. The number of ether oxygens (including phenoxy) is 2. The van der Waals surface area contributed by atoms with Gasteiger partial charge in [0.15, 0.2) is 6.54 Å². The van der Waals surface area contributed by atoms with Crippen LogP contribution in [0.2, 0.25) is 0 Å². The van der Waals surface area contributed by atoms with Crippen molar-refractivity contribution in [2.45, 2.75) is 52.1 Å². The van der Waals surface area contributed by atoms with Gasteiger partial charge in [-0.25, -0.2) is 9.59 Å². The average molecular weight is 395 g/mol. The van der Waals surface area contributed by atoms with Crippen molar-refractivity contribution in [1.29, 1.82) is 0 Å². The smallest absolute Gasteiger partial charge is 0.343 e. The molecule has 0 aliphatic rings. The summed E-state index contributed by atoms with van der Waals surface area (Å²) in [5.74, 6) is -2.83. The molecule has 10 nitrogen and oxygen atoms in total. The standard InChI is InChI=1S/C18H26N4O6/c1-4-27-16(25)18(21-13(3)23,17(26)28-5-2)9-6-7-11-22-12-14(15(19)24)8-10-20-22/h8,10,12H,4-7,9,11H2,1-3H3,(H2-,19,21,23,24)/p+1. The van der Waals surface area contributed by atoms with Gasteiger partial charge in [0.1, 0.15) is 5.56 Å². The van der Waals surface area contributed by atoms with E-state index in [1.165, 1.54) is 30.1 Å². The molecule has 28 heavy (non-hydrogen) atoms. The molecule has 1 heterocycles. The fourth-order valence-electron chi connectivity index (χ4n) is 2.63. The lowest BCUT2D eigenvalue weighted by Crippen LogP contribution is -2.61. The summed E-state index contributed by atoms with van der Waals surface area (Å²) in [6.07, 6.45) is 3.87. The summed E-state index contributed by atoms with van der Waals surface area (Å²) in [4.78, 5) is 47.9. The van der Waals surface area contributed by atoms with Crippen LogP contribution in [-0.4, -0.2) is 47.6 Å². The van der Waals surface area contributed by atoms with Gasteiger partial charge in [-0.2, -0.15) is 0 Å². The van der Waals surface area contributed by atoms with Gasteiger partial charge < -0.3 is 20.5 Å². The second-order valence-electron chi connectivity index (χ2n) is 6.03. The zero-order chi connectivity index (χ0) is 21.2. The van der Waals surface area contributed by atoms with Crippen molar-refractivity contribution >= 4 is 23.8 Å². The summed E-state index contributed by atoms with van der Waals surface area (Å²) < 4.78 is 11.6. The summed E-state index contributed by atoms with van der Waals surface area (Å²) in [6, 6.07) is 1.50. The molecule has 2 amide bonds. The van der Waals surface area contributed by atoms with Crippen molar-refractivity contribution in [3.8, 4) is 0 Å². The largest absolute Gasteiger partial charge is 0.464 e. The van der Waals surface area contributed by atoms with E-state index in [1.807, 2.05) is 0 Å². The highest BCUT2D eigenvalue weighted by Crippen LogP contribution is 2.20. The number of unbranched alkanes of at least 4 members (excludes halogenated alkanes) is 1. The molecule has 0 aliphatic carbocycles. The summed E-state index contributed by atoms with van der Waals surface area (Å²) in [6.45, 7) is 4.95. The Morgan fingerprint density at radius 3 is 2.25 bits per heavy atom. The van der Waals surface area contributed by atoms with Gasteiger partial charge in [0.2, 0.25) is 17.6 Å². The van der Waals surface area contributed by atoms with E-state index in [4.69, 9.17) is 15.2 Å². The van der Waals surface area contributed by atoms with Gasteiger partial charge in [-0.15, -0.1) is 0 Å². The molecule has 0 bridgehead atoms. The summed E-state index contributed by atoms with van der Waals surface area (Å²) in [5.41, 5.74) is 3.66. The van der Waals surface area contributed by atoms with E-state index in [1.54, 1.807) is 13.8 Å². The quantitative estimate of drug-likeness (QED) is 0.225. The number of nitrogens with one attached hydrogen (secondary N) is 1. The number of esters is 2. The summed E-state index contributed by atoms with van der Waals surface area (Å²) in [5, 5.41) is 6.50. The minimum Gasteiger partial charge on any atom is -0.464 e. The number of nitrogens with zero attached hydrogens (tertiary/aromatic N) is 2. The fourth-order valence-corrected chi connectivity index (χ4v) is 2.63. The summed E-state index contributed by atoms with van der Waals surface area (Å²) >= 11 is 0. The Hall–Kier alpha value is -3.04. The first-order valence-electron chi connectivity index (χ1n) is 9.05. The highest BCUT2D eigenvalue weighted by molar-refractivity contribution is 6.07. The van der Waals surface area contributed by atoms with E-state index in [9.17, 15) is 19.2 Å². The molecular formula is C18H27N4O6+. The molecule has 0 unspecified atom stereocenters. The second kappa shape index (κ2) is 11.0. The van der Waals surface area contributed by atoms with E-state index in [-0.39, 0.29) is 19.6 Å². The Morgan fingerprint density at radius 1 is 1.14 bits per heavy atom. The Morgan fingerprint density at radius 2 is 1.75 bits per heavy atom. The number of aryl methyl sites for hydroxylation is 1. The van der Waals surface area contributed by atoms with E-state index >= 15 is 0 Å². The third-order valence-electron chi connectivity index (χ3n) is 3.87. The van der Waals surface area contributed by atoms with Crippen LogP contribution in [0.25, 0.3) is 0 Å². The number of aromatic nitrogens is 2. The van der Waals surface area contributed by atoms with Gasteiger partial charge in [0, 0.05) is 13.3 Å². The maximum Gasteiger partial charge on any atom is 0.343 e. The number of hydrogen-bond donors (Lipinski definition) is 2. The normalized spacial score (nSPS) is 10.8. The molecule has 1 aromatic rings. The molecule has 0 spiro atoms. The van der Waals surface area contributed by atoms with Gasteiger partial charge >= 0.3 is 11.9 Å². The van der Waals surface area contributed by atoms with Crippen molar-refractivity contribution in [3.63, 3.8) is 0 Å². The first-order chi connectivity index (χ1) is 13.3. The lowest BCUT2D eigenvalue weighted by Gasteiger charge is -2.29. The molecule has 0 fully saturated rings. The van der Waals surface area contributed by atoms with Crippen LogP contribution >= 0.6 is 0 Å². The maximum atomic E-state index is 12.5. The van der Waals surface area contributed by atoms with Gasteiger partial charge in [-0.3, -0.25) is 9.59 Å². The maximum absolute atomic E-state index is 12.5. The molecular weight excluding hydrogens is 368 g/mol. The van der Waals surface area contributed by atoms with Crippen LogP contribution in [-0.2, 0) is 30.4 Å². The zero-order valence-electron chi connectivity index (χ0n) is 16.4. The van der Waals surface area contributed by atoms with E-state index in [2.05, 4.69) is 10.4 Å². The Kier molecular flexibility index (Phi) is 9.00. The SMILES string of the molecule is CCOC(=O)C(CCCC[n+]1cc(C(N)=O)ccn1)(NC(C)=O)C(=O)OCC. The fraction of sp³-hybridized carbons (Fsp3) is 0.556. The number of hydrogen-bond acceptors (Lipinski definition) is 7. The minimum atomic E-state index is -1.90. The molecule has 0 aliphatic heterocycles.